The van der Waals surface area contributed by atoms with Crippen molar-refractivity contribution < 1.29 is 18.1 Å². The van der Waals surface area contributed by atoms with Crippen molar-refractivity contribution in [1.29, 1.82) is 0 Å². The average molecular weight is 500 g/mol. The van der Waals surface area contributed by atoms with Gasteiger partial charge in [0.2, 0.25) is 10.0 Å². The molecular weight excluding hydrogens is 470 g/mol. The minimum Gasteiger partial charge on any atom is -0.348 e. The van der Waals surface area contributed by atoms with E-state index in [9.17, 15) is 23.3 Å². The molecule has 0 spiro atoms. The van der Waals surface area contributed by atoms with Gasteiger partial charge in [0.15, 0.2) is 0 Å². The van der Waals surface area contributed by atoms with Gasteiger partial charge in [-0.3, -0.25) is 19.6 Å². The Morgan fingerprint density at radius 3 is 2.17 bits per heavy atom. The number of nitro groups is 1. The SMILES string of the molecule is Cc1nn(Cc2ccc(C(=O)NCc3ccc(S(=O)(=O)N(C)C(C)C)cc3)cc2)c(C)c1[N+](=O)[O-]. The van der Waals surface area contributed by atoms with Crippen LogP contribution in [0.25, 0.3) is 0 Å². The summed E-state index contributed by atoms with van der Waals surface area (Å²) in [7, 11) is -2.02. The third-order valence-corrected chi connectivity index (χ3v) is 7.90. The molecule has 0 bridgehead atoms. The molecule has 3 rings (SSSR count). The van der Waals surface area contributed by atoms with Gasteiger partial charge in [0.25, 0.3) is 5.91 Å². The van der Waals surface area contributed by atoms with E-state index in [0.29, 0.717) is 23.5 Å². The Labute approximate surface area is 204 Å². The van der Waals surface area contributed by atoms with Gasteiger partial charge in [0.05, 0.1) is 16.4 Å². The molecule has 1 N–H and O–H groups in total. The van der Waals surface area contributed by atoms with E-state index in [2.05, 4.69) is 10.4 Å². The standard InChI is InChI=1S/C24H29N5O5S/c1-16(2)27(5)35(33,34)22-12-8-19(9-13-22)14-25-24(30)21-10-6-20(7-11-21)15-28-18(4)23(29(31)32)17(3)26-28/h6-13,16H,14-15H2,1-5H3,(H,25,30). The number of nitrogens with zero attached hydrogens (tertiary/aromatic N) is 4. The predicted molar refractivity (Wildman–Crippen MR) is 132 cm³/mol. The lowest BCUT2D eigenvalue weighted by atomic mass is 10.1. The summed E-state index contributed by atoms with van der Waals surface area (Å²) in [6, 6.07) is 13.2. The molecule has 186 valence electrons. The molecule has 0 aliphatic rings. The number of rotatable bonds is 9. The fourth-order valence-electron chi connectivity index (χ4n) is 3.55. The molecule has 1 heterocycles. The van der Waals surface area contributed by atoms with Crippen molar-refractivity contribution in [1.82, 2.24) is 19.4 Å². The van der Waals surface area contributed by atoms with Crippen molar-refractivity contribution in [2.45, 2.75) is 51.7 Å². The second kappa shape index (κ2) is 10.4. The van der Waals surface area contributed by atoms with Crippen LogP contribution >= 0.6 is 0 Å². The molecule has 0 saturated carbocycles. The quantitative estimate of drug-likeness (QED) is 0.355. The predicted octanol–water partition coefficient (Wildman–Crippen LogP) is 3.42. The molecule has 0 radical (unpaired) electrons. The smallest absolute Gasteiger partial charge is 0.312 e. The summed E-state index contributed by atoms with van der Waals surface area (Å²) in [5, 5.41) is 18.2. The number of carbonyl (C=O) groups is 1. The molecule has 0 atom stereocenters. The molecule has 3 aromatic rings. The van der Waals surface area contributed by atoms with Crippen LogP contribution in [0.1, 0.15) is 46.7 Å². The number of amides is 1. The first-order chi connectivity index (χ1) is 16.4. The van der Waals surface area contributed by atoms with Crippen LogP contribution in [-0.4, -0.2) is 46.4 Å². The minimum absolute atomic E-state index is 0.0126. The fourth-order valence-corrected chi connectivity index (χ4v) is 4.92. The molecule has 0 unspecified atom stereocenters. The molecule has 35 heavy (non-hydrogen) atoms. The summed E-state index contributed by atoms with van der Waals surface area (Å²) in [5.41, 5.74) is 2.94. The van der Waals surface area contributed by atoms with Gasteiger partial charge in [-0.25, -0.2) is 8.42 Å². The first kappa shape index (κ1) is 26.0. The van der Waals surface area contributed by atoms with Gasteiger partial charge in [0.1, 0.15) is 11.4 Å². The maximum absolute atomic E-state index is 12.6. The van der Waals surface area contributed by atoms with E-state index >= 15 is 0 Å². The van der Waals surface area contributed by atoms with Gasteiger partial charge in [-0.15, -0.1) is 0 Å². The average Bonchev–Trinajstić information content (AvgIpc) is 3.10. The van der Waals surface area contributed by atoms with Crippen molar-refractivity contribution in [2.75, 3.05) is 7.05 Å². The van der Waals surface area contributed by atoms with Crippen LogP contribution in [0.4, 0.5) is 5.69 Å². The van der Waals surface area contributed by atoms with Crippen LogP contribution < -0.4 is 5.32 Å². The van der Waals surface area contributed by atoms with Crippen LogP contribution in [0.5, 0.6) is 0 Å². The summed E-state index contributed by atoms with van der Waals surface area (Å²) < 4.78 is 28.0. The lowest BCUT2D eigenvalue weighted by Crippen LogP contribution is -2.33. The Morgan fingerprint density at radius 1 is 1.09 bits per heavy atom. The number of nitrogens with one attached hydrogen (secondary N) is 1. The largest absolute Gasteiger partial charge is 0.348 e. The zero-order chi connectivity index (χ0) is 25.9. The maximum atomic E-state index is 12.6. The molecule has 0 fully saturated rings. The van der Waals surface area contributed by atoms with Crippen molar-refractivity contribution in [3.8, 4) is 0 Å². The molecule has 0 aliphatic heterocycles. The Morgan fingerprint density at radius 2 is 1.66 bits per heavy atom. The Kier molecular flexibility index (Phi) is 7.71. The number of hydrogen-bond acceptors (Lipinski definition) is 6. The number of aryl methyl sites for hydroxylation is 1. The van der Waals surface area contributed by atoms with Gasteiger partial charge in [-0.05, 0) is 63.1 Å². The van der Waals surface area contributed by atoms with Crippen LogP contribution in [-0.2, 0) is 23.1 Å². The number of hydrogen-bond donors (Lipinski definition) is 1. The number of carbonyl (C=O) groups excluding carboxylic acids is 1. The van der Waals surface area contributed by atoms with Gasteiger partial charge in [0, 0.05) is 25.2 Å². The summed E-state index contributed by atoms with van der Waals surface area (Å²) >= 11 is 0. The second-order valence-corrected chi connectivity index (χ2v) is 10.6. The Hall–Kier alpha value is -3.57. The van der Waals surface area contributed by atoms with Crippen LogP contribution in [0, 0.1) is 24.0 Å². The van der Waals surface area contributed by atoms with Gasteiger partial charge in [-0.2, -0.15) is 9.40 Å². The first-order valence-electron chi connectivity index (χ1n) is 11.0. The van der Waals surface area contributed by atoms with E-state index in [1.807, 2.05) is 0 Å². The summed E-state index contributed by atoms with van der Waals surface area (Å²) in [4.78, 5) is 23.5. The highest BCUT2D eigenvalue weighted by Crippen LogP contribution is 2.22. The van der Waals surface area contributed by atoms with Crippen LogP contribution in [0.3, 0.4) is 0 Å². The molecule has 11 heteroatoms. The van der Waals surface area contributed by atoms with Crippen molar-refractivity contribution >= 4 is 21.6 Å². The third-order valence-electron chi connectivity index (χ3n) is 5.85. The first-order valence-corrected chi connectivity index (χ1v) is 12.5. The number of sulfonamides is 1. The fraction of sp³-hybridized carbons (Fsp3) is 0.333. The second-order valence-electron chi connectivity index (χ2n) is 8.57. The highest BCUT2D eigenvalue weighted by Gasteiger charge is 2.23. The summed E-state index contributed by atoms with van der Waals surface area (Å²) in [6.07, 6.45) is 0. The normalized spacial score (nSPS) is 11.7. The van der Waals surface area contributed by atoms with E-state index in [1.54, 1.807) is 75.8 Å². The third kappa shape index (κ3) is 5.75. The molecule has 10 nitrogen and oxygen atoms in total. The van der Waals surface area contributed by atoms with E-state index in [-0.39, 0.29) is 29.1 Å². The number of benzene rings is 2. The number of aromatic nitrogens is 2. The monoisotopic (exact) mass is 499 g/mol. The lowest BCUT2D eigenvalue weighted by Gasteiger charge is -2.21. The van der Waals surface area contributed by atoms with Crippen molar-refractivity contribution in [3.05, 3.63) is 86.7 Å². The van der Waals surface area contributed by atoms with Crippen molar-refractivity contribution in [2.24, 2.45) is 0 Å². The Bertz CT molecular complexity index is 1330. The van der Waals surface area contributed by atoms with E-state index < -0.39 is 14.9 Å². The van der Waals surface area contributed by atoms with Crippen molar-refractivity contribution in [3.63, 3.8) is 0 Å². The topological polar surface area (TPSA) is 127 Å². The van der Waals surface area contributed by atoms with Gasteiger partial charge >= 0.3 is 5.69 Å². The molecule has 0 saturated heterocycles. The van der Waals surface area contributed by atoms with E-state index in [4.69, 9.17) is 0 Å². The molecule has 0 aliphatic carbocycles. The van der Waals surface area contributed by atoms with Gasteiger partial charge < -0.3 is 5.32 Å². The zero-order valence-corrected chi connectivity index (χ0v) is 21.2. The van der Waals surface area contributed by atoms with E-state index in [0.717, 1.165) is 11.1 Å². The summed E-state index contributed by atoms with van der Waals surface area (Å²) in [6.45, 7) is 7.47. The van der Waals surface area contributed by atoms with Crippen LogP contribution in [0.2, 0.25) is 0 Å². The molecule has 1 amide bonds. The zero-order valence-electron chi connectivity index (χ0n) is 20.3. The molecule has 1 aromatic heterocycles. The molecule has 2 aromatic carbocycles. The maximum Gasteiger partial charge on any atom is 0.312 e. The lowest BCUT2D eigenvalue weighted by molar-refractivity contribution is -0.386. The minimum atomic E-state index is -3.56. The van der Waals surface area contributed by atoms with Gasteiger partial charge in [-0.1, -0.05) is 24.3 Å². The Balaban J connectivity index is 1.61. The summed E-state index contributed by atoms with van der Waals surface area (Å²) in [5.74, 6) is -0.269. The highest BCUT2D eigenvalue weighted by molar-refractivity contribution is 7.89. The van der Waals surface area contributed by atoms with E-state index in [1.165, 1.54) is 16.4 Å². The van der Waals surface area contributed by atoms with Crippen LogP contribution in [0.15, 0.2) is 53.4 Å². The highest BCUT2D eigenvalue weighted by atomic mass is 32.2. The molecular formula is C24H29N5O5S.